The molecule has 5 nitrogen and oxygen atoms in total. The number of hydrogen-bond acceptors (Lipinski definition) is 4. The van der Waals surface area contributed by atoms with Crippen LogP contribution in [0.25, 0.3) is 16.7 Å². The predicted molar refractivity (Wildman–Crippen MR) is 78.2 cm³/mol. The largest absolute Gasteiger partial charge is 0.479 e. The van der Waals surface area contributed by atoms with Gasteiger partial charge >= 0.3 is 6.18 Å². The van der Waals surface area contributed by atoms with Crippen LogP contribution < -0.4 is 4.74 Å². The van der Waals surface area contributed by atoms with E-state index in [1.165, 1.54) is 25.3 Å². The van der Waals surface area contributed by atoms with Gasteiger partial charge < -0.3 is 4.74 Å². The smallest absolute Gasteiger partial charge is 0.421 e. The van der Waals surface area contributed by atoms with Gasteiger partial charge in [-0.05, 0) is 29.8 Å². The van der Waals surface area contributed by atoms with Crippen molar-refractivity contribution in [3.8, 4) is 11.7 Å². The molecule has 2 heterocycles. The van der Waals surface area contributed by atoms with Gasteiger partial charge in [-0.25, -0.2) is 9.67 Å². The van der Waals surface area contributed by atoms with E-state index in [2.05, 4.69) is 15.1 Å². The summed E-state index contributed by atoms with van der Waals surface area (Å²) in [5.74, 6) is -0.376. The van der Waals surface area contributed by atoms with E-state index in [1.807, 2.05) is 0 Å². The Morgan fingerprint density at radius 1 is 1.22 bits per heavy atom. The zero-order valence-electron chi connectivity index (χ0n) is 11.4. The predicted octanol–water partition coefficient (Wildman–Crippen LogP) is 4.15. The van der Waals surface area contributed by atoms with E-state index in [0.29, 0.717) is 22.1 Å². The van der Waals surface area contributed by atoms with Crippen LogP contribution in [-0.2, 0) is 6.18 Å². The van der Waals surface area contributed by atoms with Crippen molar-refractivity contribution in [2.75, 3.05) is 7.11 Å². The summed E-state index contributed by atoms with van der Waals surface area (Å²) in [4.78, 5) is 7.07. The monoisotopic (exact) mass is 362 g/mol. The topological polar surface area (TPSA) is 52.8 Å². The van der Waals surface area contributed by atoms with Gasteiger partial charge in [0.05, 0.1) is 18.0 Å². The van der Waals surface area contributed by atoms with Gasteiger partial charge in [0, 0.05) is 11.2 Å². The molecule has 0 amide bonds. The van der Waals surface area contributed by atoms with Crippen LogP contribution in [0.4, 0.5) is 13.2 Å². The highest BCUT2D eigenvalue weighted by Crippen LogP contribution is 2.36. The number of ether oxygens (including phenoxy) is 1. The molecule has 0 spiro atoms. The first-order valence-electron chi connectivity index (χ1n) is 6.13. The van der Waals surface area contributed by atoms with Gasteiger partial charge in [-0.15, -0.1) is 5.10 Å². The summed E-state index contributed by atoms with van der Waals surface area (Å²) in [5.41, 5.74) is -0.726. The molecular formula is C13H7Cl2F3N4O. The first kappa shape index (κ1) is 15.8. The fraction of sp³-hybridized carbons (Fsp3) is 0.154. The first-order chi connectivity index (χ1) is 10.8. The normalized spacial score (nSPS) is 11.9. The molecule has 0 saturated carbocycles. The SMILES string of the molecule is COc1nn(-c2nc(Cl)ncc2C(F)(F)F)c2ccc(Cl)cc12. The summed E-state index contributed by atoms with van der Waals surface area (Å²) in [6.07, 6.45) is -4.06. The molecule has 3 rings (SSSR count). The molecule has 0 radical (unpaired) electrons. The van der Waals surface area contributed by atoms with Crippen LogP contribution in [0, 0.1) is 0 Å². The molecule has 0 saturated heterocycles. The second kappa shape index (κ2) is 5.54. The van der Waals surface area contributed by atoms with E-state index >= 15 is 0 Å². The Morgan fingerprint density at radius 2 is 1.96 bits per heavy atom. The number of methoxy groups -OCH3 is 1. The van der Waals surface area contributed by atoms with Gasteiger partial charge in [0.2, 0.25) is 11.2 Å². The molecule has 3 aromatic rings. The Hall–Kier alpha value is -2.06. The summed E-state index contributed by atoms with van der Waals surface area (Å²) in [7, 11) is 1.35. The Bertz CT molecular complexity index is 895. The lowest BCUT2D eigenvalue weighted by Crippen LogP contribution is -2.14. The number of benzene rings is 1. The number of rotatable bonds is 2. The molecule has 0 aliphatic rings. The number of aromatic nitrogens is 4. The highest BCUT2D eigenvalue weighted by molar-refractivity contribution is 6.31. The molecule has 0 aliphatic carbocycles. The van der Waals surface area contributed by atoms with Crippen LogP contribution in [0.1, 0.15) is 5.56 Å². The number of fused-ring (bicyclic) bond motifs is 1. The summed E-state index contributed by atoms with van der Waals surface area (Å²) in [6.45, 7) is 0. The number of nitrogens with zero attached hydrogens (tertiary/aromatic N) is 4. The van der Waals surface area contributed by atoms with Gasteiger partial charge in [-0.1, -0.05) is 11.6 Å². The number of alkyl halides is 3. The highest BCUT2D eigenvalue weighted by Gasteiger charge is 2.36. The molecule has 0 aliphatic heterocycles. The fourth-order valence-electron chi connectivity index (χ4n) is 2.09. The summed E-state index contributed by atoms with van der Waals surface area (Å²) in [6, 6.07) is 4.58. The zero-order chi connectivity index (χ0) is 16.8. The zero-order valence-corrected chi connectivity index (χ0v) is 12.9. The quantitative estimate of drug-likeness (QED) is 0.642. The number of hydrogen-bond donors (Lipinski definition) is 0. The third kappa shape index (κ3) is 2.79. The van der Waals surface area contributed by atoms with E-state index < -0.39 is 17.6 Å². The van der Waals surface area contributed by atoms with Gasteiger partial charge in [-0.2, -0.15) is 18.2 Å². The molecule has 10 heteroatoms. The molecule has 23 heavy (non-hydrogen) atoms. The molecule has 1 aromatic carbocycles. The van der Waals surface area contributed by atoms with E-state index in [0.717, 1.165) is 4.68 Å². The van der Waals surface area contributed by atoms with E-state index in [1.54, 1.807) is 0 Å². The molecule has 0 bridgehead atoms. The minimum atomic E-state index is -4.67. The average molecular weight is 363 g/mol. The van der Waals surface area contributed by atoms with Crippen LogP contribution in [0.5, 0.6) is 5.88 Å². The van der Waals surface area contributed by atoms with Gasteiger partial charge in [-0.3, -0.25) is 0 Å². The minimum absolute atomic E-state index is 0.116. The van der Waals surface area contributed by atoms with Crippen LogP contribution in [0.2, 0.25) is 10.3 Å². The van der Waals surface area contributed by atoms with Crippen molar-refractivity contribution in [3.05, 3.63) is 40.3 Å². The molecule has 0 fully saturated rings. The molecular weight excluding hydrogens is 356 g/mol. The van der Waals surface area contributed by atoms with E-state index in [4.69, 9.17) is 27.9 Å². The second-order valence-electron chi connectivity index (χ2n) is 4.46. The van der Waals surface area contributed by atoms with Crippen molar-refractivity contribution in [1.29, 1.82) is 0 Å². The third-order valence-electron chi connectivity index (χ3n) is 3.05. The molecule has 2 aromatic heterocycles. The molecule has 0 unspecified atom stereocenters. The lowest BCUT2D eigenvalue weighted by atomic mass is 10.2. The first-order valence-corrected chi connectivity index (χ1v) is 6.89. The van der Waals surface area contributed by atoms with Crippen LogP contribution in [-0.4, -0.2) is 26.9 Å². The molecule has 120 valence electrons. The van der Waals surface area contributed by atoms with Crippen LogP contribution in [0.3, 0.4) is 0 Å². The van der Waals surface area contributed by atoms with Crippen molar-refractivity contribution >= 4 is 34.1 Å². The number of halogens is 5. The summed E-state index contributed by atoms with van der Waals surface area (Å²) in [5, 5.41) is 4.53. The maximum Gasteiger partial charge on any atom is 0.421 e. The van der Waals surface area contributed by atoms with Crippen molar-refractivity contribution in [3.63, 3.8) is 0 Å². The third-order valence-corrected chi connectivity index (χ3v) is 3.46. The maximum absolute atomic E-state index is 13.2. The Labute approximate surface area is 137 Å². The van der Waals surface area contributed by atoms with E-state index in [9.17, 15) is 13.2 Å². The van der Waals surface area contributed by atoms with Gasteiger partial charge in [0.15, 0.2) is 5.82 Å². The van der Waals surface area contributed by atoms with Crippen molar-refractivity contribution < 1.29 is 17.9 Å². The summed E-state index contributed by atoms with van der Waals surface area (Å²) >= 11 is 11.6. The molecule has 0 atom stereocenters. The lowest BCUT2D eigenvalue weighted by Gasteiger charge is -2.11. The van der Waals surface area contributed by atoms with Crippen LogP contribution in [0.15, 0.2) is 24.4 Å². The van der Waals surface area contributed by atoms with Gasteiger partial charge in [0.25, 0.3) is 0 Å². The maximum atomic E-state index is 13.2. The Balaban J connectivity index is 2.36. The average Bonchev–Trinajstić information content (AvgIpc) is 2.83. The Kier molecular flexibility index (Phi) is 3.81. The minimum Gasteiger partial charge on any atom is -0.479 e. The fourth-order valence-corrected chi connectivity index (χ4v) is 2.39. The lowest BCUT2D eigenvalue weighted by molar-refractivity contribution is -0.138. The van der Waals surface area contributed by atoms with E-state index in [-0.39, 0.29) is 11.2 Å². The standard InChI is InChI=1S/C13H7Cl2F3N4O/c1-23-11-7-4-6(14)2-3-9(7)22(21-11)10-8(13(16,17)18)5-19-12(15)20-10/h2-5H,1H3. The highest BCUT2D eigenvalue weighted by atomic mass is 35.5. The van der Waals surface area contributed by atoms with Gasteiger partial charge in [0.1, 0.15) is 5.56 Å². The Morgan fingerprint density at radius 3 is 2.61 bits per heavy atom. The second-order valence-corrected chi connectivity index (χ2v) is 5.23. The van der Waals surface area contributed by atoms with Crippen molar-refractivity contribution in [2.45, 2.75) is 6.18 Å². The molecule has 0 N–H and O–H groups in total. The van der Waals surface area contributed by atoms with Crippen molar-refractivity contribution in [1.82, 2.24) is 19.7 Å². The van der Waals surface area contributed by atoms with Crippen LogP contribution >= 0.6 is 23.2 Å². The van der Waals surface area contributed by atoms with Crippen molar-refractivity contribution in [2.24, 2.45) is 0 Å². The summed E-state index contributed by atoms with van der Waals surface area (Å²) < 4.78 is 45.7.